The second-order valence-electron chi connectivity index (χ2n) is 4.78. The first-order chi connectivity index (χ1) is 10.9. The van der Waals surface area contributed by atoms with E-state index in [1.165, 1.54) is 19.1 Å². The Hall–Kier alpha value is -2.83. The number of anilines is 2. The Kier molecular flexibility index (Phi) is 6.79. The van der Waals surface area contributed by atoms with Gasteiger partial charge in [-0.15, -0.1) is 0 Å². The molecule has 0 radical (unpaired) electrons. The SMILES string of the molecule is C=CC(=O)Nc1cc(C(=O)O)c(OCCCC)cc1NC(C)=O. The predicted molar refractivity (Wildman–Crippen MR) is 86.9 cm³/mol. The molecule has 124 valence electrons. The molecule has 0 aliphatic carbocycles. The minimum absolute atomic E-state index is 0.102. The highest BCUT2D eigenvalue weighted by atomic mass is 16.5. The van der Waals surface area contributed by atoms with Gasteiger partial charge in [0.1, 0.15) is 11.3 Å². The quantitative estimate of drug-likeness (QED) is 0.504. The number of amides is 2. The number of rotatable bonds is 8. The van der Waals surface area contributed by atoms with Crippen LogP contribution in [0, 0.1) is 0 Å². The molecule has 0 heterocycles. The highest BCUT2D eigenvalue weighted by Crippen LogP contribution is 2.32. The Morgan fingerprint density at radius 3 is 2.43 bits per heavy atom. The van der Waals surface area contributed by atoms with Crippen LogP contribution in [0.15, 0.2) is 24.8 Å². The smallest absolute Gasteiger partial charge is 0.339 e. The van der Waals surface area contributed by atoms with E-state index in [0.29, 0.717) is 6.61 Å². The van der Waals surface area contributed by atoms with E-state index in [4.69, 9.17) is 4.74 Å². The maximum Gasteiger partial charge on any atom is 0.339 e. The number of benzene rings is 1. The molecule has 0 atom stereocenters. The van der Waals surface area contributed by atoms with E-state index in [0.717, 1.165) is 18.9 Å². The van der Waals surface area contributed by atoms with Gasteiger partial charge in [0.05, 0.1) is 18.0 Å². The number of nitrogens with one attached hydrogen (secondary N) is 2. The number of unbranched alkanes of at least 4 members (excludes halogenated alkanes) is 1. The fraction of sp³-hybridized carbons (Fsp3) is 0.312. The minimum Gasteiger partial charge on any atom is -0.493 e. The van der Waals surface area contributed by atoms with Crippen LogP contribution in [-0.2, 0) is 9.59 Å². The van der Waals surface area contributed by atoms with Gasteiger partial charge in [-0.05, 0) is 18.6 Å². The molecular formula is C16H20N2O5. The molecule has 0 aliphatic rings. The largest absolute Gasteiger partial charge is 0.493 e. The fourth-order valence-corrected chi connectivity index (χ4v) is 1.77. The van der Waals surface area contributed by atoms with Crippen molar-refractivity contribution >= 4 is 29.2 Å². The molecule has 3 N–H and O–H groups in total. The van der Waals surface area contributed by atoms with Crippen LogP contribution in [-0.4, -0.2) is 29.5 Å². The Labute approximate surface area is 134 Å². The van der Waals surface area contributed by atoms with E-state index in [9.17, 15) is 19.5 Å². The monoisotopic (exact) mass is 320 g/mol. The molecule has 0 spiro atoms. The first-order valence-electron chi connectivity index (χ1n) is 7.14. The molecule has 0 aromatic heterocycles. The molecular weight excluding hydrogens is 300 g/mol. The fourth-order valence-electron chi connectivity index (χ4n) is 1.77. The third-order valence-corrected chi connectivity index (χ3v) is 2.86. The van der Waals surface area contributed by atoms with Crippen LogP contribution in [0.4, 0.5) is 11.4 Å². The average Bonchev–Trinajstić information content (AvgIpc) is 2.48. The molecule has 23 heavy (non-hydrogen) atoms. The number of carbonyl (C=O) groups excluding carboxylic acids is 2. The van der Waals surface area contributed by atoms with Gasteiger partial charge in [0.15, 0.2) is 0 Å². The van der Waals surface area contributed by atoms with Gasteiger partial charge in [0.2, 0.25) is 11.8 Å². The van der Waals surface area contributed by atoms with Crippen molar-refractivity contribution in [2.75, 3.05) is 17.2 Å². The van der Waals surface area contributed by atoms with E-state index in [1.54, 1.807) is 0 Å². The van der Waals surface area contributed by atoms with Crippen molar-refractivity contribution in [2.45, 2.75) is 26.7 Å². The summed E-state index contributed by atoms with van der Waals surface area (Å²) < 4.78 is 5.48. The first kappa shape index (κ1) is 18.2. The van der Waals surface area contributed by atoms with Gasteiger partial charge in [-0.2, -0.15) is 0 Å². The Balaban J connectivity index is 3.29. The topological polar surface area (TPSA) is 105 Å². The van der Waals surface area contributed by atoms with Gasteiger partial charge in [-0.3, -0.25) is 9.59 Å². The average molecular weight is 320 g/mol. The summed E-state index contributed by atoms with van der Waals surface area (Å²) in [6, 6.07) is 2.63. The number of carboxylic acid groups (broad SMARTS) is 1. The minimum atomic E-state index is -1.19. The molecule has 0 bridgehead atoms. The van der Waals surface area contributed by atoms with E-state index < -0.39 is 11.9 Å². The van der Waals surface area contributed by atoms with Crippen LogP contribution in [0.1, 0.15) is 37.0 Å². The van der Waals surface area contributed by atoms with E-state index in [1.807, 2.05) is 6.92 Å². The lowest BCUT2D eigenvalue weighted by Crippen LogP contribution is -2.15. The lowest BCUT2D eigenvalue weighted by molar-refractivity contribution is -0.114. The summed E-state index contributed by atoms with van der Waals surface area (Å²) in [5, 5.41) is 14.3. The molecule has 0 saturated heterocycles. The summed E-state index contributed by atoms with van der Waals surface area (Å²) in [7, 11) is 0. The number of hydrogen-bond acceptors (Lipinski definition) is 4. The number of aromatic carboxylic acids is 1. The number of carboxylic acids is 1. The molecule has 0 unspecified atom stereocenters. The van der Waals surface area contributed by atoms with Crippen LogP contribution in [0.5, 0.6) is 5.75 Å². The van der Waals surface area contributed by atoms with Crippen LogP contribution >= 0.6 is 0 Å². The maximum atomic E-state index is 11.5. The zero-order valence-electron chi connectivity index (χ0n) is 13.1. The highest BCUT2D eigenvalue weighted by Gasteiger charge is 2.18. The van der Waals surface area contributed by atoms with Crippen molar-refractivity contribution in [2.24, 2.45) is 0 Å². The zero-order valence-corrected chi connectivity index (χ0v) is 13.1. The summed E-state index contributed by atoms with van der Waals surface area (Å²) in [4.78, 5) is 34.2. The summed E-state index contributed by atoms with van der Waals surface area (Å²) >= 11 is 0. The predicted octanol–water partition coefficient (Wildman–Crippen LogP) is 2.65. The summed E-state index contributed by atoms with van der Waals surface area (Å²) in [5.74, 6) is -1.94. The number of hydrogen-bond donors (Lipinski definition) is 3. The van der Waals surface area contributed by atoms with E-state index >= 15 is 0 Å². The third-order valence-electron chi connectivity index (χ3n) is 2.86. The number of carbonyl (C=O) groups is 3. The highest BCUT2D eigenvalue weighted by molar-refractivity contribution is 6.05. The van der Waals surface area contributed by atoms with Crippen molar-refractivity contribution < 1.29 is 24.2 Å². The Bertz CT molecular complexity index is 625. The van der Waals surface area contributed by atoms with Gasteiger partial charge in [-0.25, -0.2) is 4.79 Å². The van der Waals surface area contributed by atoms with Gasteiger partial charge in [0, 0.05) is 13.0 Å². The summed E-state index contributed by atoms with van der Waals surface area (Å²) in [6.45, 7) is 6.98. The molecule has 1 aromatic rings. The number of ether oxygens (including phenoxy) is 1. The molecule has 1 rings (SSSR count). The molecule has 0 saturated carbocycles. The van der Waals surface area contributed by atoms with Crippen molar-refractivity contribution in [3.63, 3.8) is 0 Å². The summed E-state index contributed by atoms with van der Waals surface area (Å²) in [6.07, 6.45) is 2.71. The van der Waals surface area contributed by atoms with Gasteiger partial charge in [0.25, 0.3) is 0 Å². The van der Waals surface area contributed by atoms with E-state index in [-0.39, 0.29) is 28.6 Å². The van der Waals surface area contributed by atoms with Crippen LogP contribution in [0.3, 0.4) is 0 Å². The van der Waals surface area contributed by atoms with Crippen molar-refractivity contribution in [1.29, 1.82) is 0 Å². The van der Waals surface area contributed by atoms with Crippen LogP contribution in [0.25, 0.3) is 0 Å². The Morgan fingerprint density at radius 2 is 1.91 bits per heavy atom. The van der Waals surface area contributed by atoms with Crippen molar-refractivity contribution in [1.82, 2.24) is 0 Å². The first-order valence-corrected chi connectivity index (χ1v) is 7.14. The standard InChI is InChI=1S/C16H20N2O5/c1-4-6-7-23-14-9-13(17-10(3)19)12(18-15(20)5-2)8-11(14)16(21)22/h5,8-9H,2,4,6-7H2,1,3H3,(H,17,19)(H,18,20)(H,21,22). The van der Waals surface area contributed by atoms with Crippen LogP contribution < -0.4 is 15.4 Å². The molecule has 7 nitrogen and oxygen atoms in total. The zero-order chi connectivity index (χ0) is 17.4. The van der Waals surface area contributed by atoms with E-state index in [2.05, 4.69) is 17.2 Å². The second kappa shape index (κ2) is 8.57. The molecule has 0 aliphatic heterocycles. The molecule has 2 amide bonds. The molecule has 0 fully saturated rings. The summed E-state index contributed by atoms with van der Waals surface area (Å²) in [5.41, 5.74) is 0.309. The Morgan fingerprint density at radius 1 is 1.26 bits per heavy atom. The van der Waals surface area contributed by atoms with Gasteiger partial charge < -0.3 is 20.5 Å². The third kappa shape index (κ3) is 5.46. The molecule has 1 aromatic carbocycles. The maximum absolute atomic E-state index is 11.5. The van der Waals surface area contributed by atoms with Gasteiger partial charge >= 0.3 is 5.97 Å². The molecule has 7 heteroatoms. The normalized spacial score (nSPS) is 9.83. The lowest BCUT2D eigenvalue weighted by atomic mass is 10.1. The van der Waals surface area contributed by atoms with Crippen molar-refractivity contribution in [3.8, 4) is 5.75 Å². The lowest BCUT2D eigenvalue weighted by Gasteiger charge is -2.15. The van der Waals surface area contributed by atoms with Gasteiger partial charge in [-0.1, -0.05) is 19.9 Å². The second-order valence-corrected chi connectivity index (χ2v) is 4.78. The van der Waals surface area contributed by atoms with Crippen molar-refractivity contribution in [3.05, 3.63) is 30.4 Å². The van der Waals surface area contributed by atoms with Crippen LogP contribution in [0.2, 0.25) is 0 Å².